The van der Waals surface area contributed by atoms with Gasteiger partial charge in [0.25, 0.3) is 0 Å². The summed E-state index contributed by atoms with van der Waals surface area (Å²) in [6.45, 7) is 1.27. The zero-order valence-electron chi connectivity index (χ0n) is 9.32. The van der Waals surface area contributed by atoms with Gasteiger partial charge in [-0.2, -0.15) is 0 Å². The molecule has 0 atom stereocenters. The minimum Gasteiger partial charge on any atom is -0.380 e. The summed E-state index contributed by atoms with van der Waals surface area (Å²) < 4.78 is 5.21. The van der Waals surface area contributed by atoms with Gasteiger partial charge >= 0.3 is 0 Å². The first-order valence-corrected chi connectivity index (χ1v) is 5.79. The van der Waals surface area contributed by atoms with Crippen LogP contribution in [0.25, 0.3) is 0 Å². The van der Waals surface area contributed by atoms with Crippen molar-refractivity contribution in [3.05, 3.63) is 46.8 Å². The summed E-state index contributed by atoms with van der Waals surface area (Å²) in [6, 6.07) is 7.68. The van der Waals surface area contributed by atoms with Gasteiger partial charge in [0.1, 0.15) is 0 Å². The Morgan fingerprint density at radius 1 is 1.41 bits per heavy atom. The topological polar surface area (TPSA) is 64.1 Å². The minimum absolute atomic E-state index is 0.571. The van der Waals surface area contributed by atoms with E-state index < -0.39 is 0 Å². The summed E-state index contributed by atoms with van der Waals surface area (Å²) in [7, 11) is 0. The molecule has 4 nitrogen and oxygen atoms in total. The molecule has 0 bridgehead atoms. The lowest BCUT2D eigenvalue weighted by atomic mass is 10.1. The molecule has 0 spiro atoms. The Hall–Kier alpha value is -1.52. The van der Waals surface area contributed by atoms with Gasteiger partial charge in [0, 0.05) is 24.5 Å². The van der Waals surface area contributed by atoms with E-state index in [2.05, 4.69) is 10.5 Å². The standard InChI is InChI=1S/C12H14ClN3O/c13-10-3-1-2-9(6-10)7-12-11(8-16-17-12)15-5-4-14/h1-3,6,8,15H,4-5,7,14H2. The first-order valence-electron chi connectivity index (χ1n) is 5.41. The van der Waals surface area contributed by atoms with Gasteiger partial charge in [-0.3, -0.25) is 0 Å². The van der Waals surface area contributed by atoms with Crippen molar-refractivity contribution in [3.63, 3.8) is 0 Å². The lowest BCUT2D eigenvalue weighted by Gasteiger charge is -2.04. The smallest absolute Gasteiger partial charge is 0.164 e. The zero-order valence-corrected chi connectivity index (χ0v) is 10.1. The molecule has 0 saturated heterocycles. The molecule has 17 heavy (non-hydrogen) atoms. The number of aromatic nitrogens is 1. The van der Waals surface area contributed by atoms with Crippen molar-refractivity contribution in [2.45, 2.75) is 6.42 Å². The van der Waals surface area contributed by atoms with Crippen molar-refractivity contribution in [2.24, 2.45) is 5.73 Å². The predicted octanol–water partition coefficient (Wildman–Crippen LogP) is 2.29. The molecule has 2 rings (SSSR count). The fourth-order valence-corrected chi connectivity index (χ4v) is 1.79. The number of anilines is 1. The van der Waals surface area contributed by atoms with Crippen molar-refractivity contribution < 1.29 is 4.52 Å². The third-order valence-electron chi connectivity index (χ3n) is 2.36. The third kappa shape index (κ3) is 3.22. The van der Waals surface area contributed by atoms with E-state index in [9.17, 15) is 0 Å². The molecule has 0 fully saturated rings. The summed E-state index contributed by atoms with van der Waals surface area (Å²) >= 11 is 5.93. The van der Waals surface area contributed by atoms with Crippen LogP contribution in [0.4, 0.5) is 5.69 Å². The average Bonchev–Trinajstić information content (AvgIpc) is 2.74. The Balaban J connectivity index is 2.10. The van der Waals surface area contributed by atoms with Crippen LogP contribution in [0.3, 0.4) is 0 Å². The second-order valence-electron chi connectivity index (χ2n) is 3.68. The highest BCUT2D eigenvalue weighted by Crippen LogP contribution is 2.20. The molecule has 0 amide bonds. The second kappa shape index (κ2) is 5.70. The first-order chi connectivity index (χ1) is 8.29. The molecule has 0 aliphatic carbocycles. The lowest BCUT2D eigenvalue weighted by molar-refractivity contribution is 0.390. The Morgan fingerprint density at radius 2 is 2.29 bits per heavy atom. The first kappa shape index (κ1) is 12.0. The lowest BCUT2D eigenvalue weighted by Crippen LogP contribution is -2.13. The molecule has 5 heteroatoms. The minimum atomic E-state index is 0.571. The van der Waals surface area contributed by atoms with E-state index in [-0.39, 0.29) is 0 Å². The quantitative estimate of drug-likeness (QED) is 0.856. The van der Waals surface area contributed by atoms with E-state index in [1.54, 1.807) is 6.20 Å². The highest BCUT2D eigenvalue weighted by Gasteiger charge is 2.08. The van der Waals surface area contributed by atoms with Gasteiger partial charge in [-0.15, -0.1) is 0 Å². The zero-order chi connectivity index (χ0) is 12.1. The highest BCUT2D eigenvalue weighted by molar-refractivity contribution is 6.30. The van der Waals surface area contributed by atoms with Crippen molar-refractivity contribution in [1.82, 2.24) is 5.16 Å². The molecule has 2 aromatic rings. The SMILES string of the molecule is NCCNc1cnoc1Cc1cccc(Cl)c1. The number of halogens is 1. The van der Waals surface area contributed by atoms with Gasteiger partial charge in [-0.1, -0.05) is 28.9 Å². The van der Waals surface area contributed by atoms with E-state index in [0.29, 0.717) is 19.5 Å². The Bertz CT molecular complexity index is 484. The number of benzene rings is 1. The van der Waals surface area contributed by atoms with E-state index in [4.69, 9.17) is 21.9 Å². The number of nitrogens with zero attached hydrogens (tertiary/aromatic N) is 1. The van der Waals surface area contributed by atoms with Gasteiger partial charge in [-0.05, 0) is 17.7 Å². The molecule has 0 unspecified atom stereocenters. The average molecular weight is 252 g/mol. The molecule has 1 heterocycles. The number of rotatable bonds is 5. The maximum atomic E-state index is 5.93. The molecule has 0 aliphatic rings. The summed E-state index contributed by atoms with van der Waals surface area (Å²) in [5, 5.41) is 7.67. The monoisotopic (exact) mass is 251 g/mol. The Labute approximate surface area is 105 Å². The third-order valence-corrected chi connectivity index (χ3v) is 2.59. The van der Waals surface area contributed by atoms with Crippen molar-refractivity contribution >= 4 is 17.3 Å². The van der Waals surface area contributed by atoms with Crippen molar-refractivity contribution in [2.75, 3.05) is 18.4 Å². The molecule has 0 saturated carbocycles. The summed E-state index contributed by atoms with van der Waals surface area (Å²) in [4.78, 5) is 0. The predicted molar refractivity (Wildman–Crippen MR) is 68.3 cm³/mol. The molecule has 1 aromatic heterocycles. The Morgan fingerprint density at radius 3 is 3.06 bits per heavy atom. The van der Waals surface area contributed by atoms with Gasteiger partial charge in [0.2, 0.25) is 0 Å². The van der Waals surface area contributed by atoms with Crippen LogP contribution in [0.5, 0.6) is 0 Å². The molecule has 90 valence electrons. The molecule has 3 N–H and O–H groups in total. The van der Waals surface area contributed by atoms with Gasteiger partial charge < -0.3 is 15.6 Å². The van der Waals surface area contributed by atoms with Crippen LogP contribution in [0, 0.1) is 0 Å². The van der Waals surface area contributed by atoms with Crippen molar-refractivity contribution in [1.29, 1.82) is 0 Å². The number of hydrogen-bond donors (Lipinski definition) is 2. The van der Waals surface area contributed by atoms with Crippen LogP contribution < -0.4 is 11.1 Å². The fraction of sp³-hybridized carbons (Fsp3) is 0.250. The van der Waals surface area contributed by atoms with E-state index in [1.165, 1.54) is 0 Å². The van der Waals surface area contributed by atoms with Gasteiger partial charge in [-0.25, -0.2) is 0 Å². The number of hydrogen-bond acceptors (Lipinski definition) is 4. The van der Waals surface area contributed by atoms with Crippen LogP contribution in [-0.4, -0.2) is 18.2 Å². The molecular weight excluding hydrogens is 238 g/mol. The molecular formula is C12H14ClN3O. The van der Waals surface area contributed by atoms with Crippen LogP contribution >= 0.6 is 11.6 Å². The number of nitrogens with two attached hydrogens (primary N) is 1. The molecule has 1 aromatic carbocycles. The van der Waals surface area contributed by atoms with Gasteiger partial charge in [0.05, 0.1) is 11.9 Å². The van der Waals surface area contributed by atoms with Gasteiger partial charge in [0.15, 0.2) is 5.76 Å². The maximum absolute atomic E-state index is 5.93. The van der Waals surface area contributed by atoms with E-state index >= 15 is 0 Å². The largest absolute Gasteiger partial charge is 0.380 e. The summed E-state index contributed by atoms with van der Waals surface area (Å²) in [6.07, 6.45) is 2.32. The van der Waals surface area contributed by atoms with Crippen LogP contribution in [0.2, 0.25) is 5.02 Å². The molecule has 0 aliphatic heterocycles. The molecule has 0 radical (unpaired) electrons. The van der Waals surface area contributed by atoms with Crippen molar-refractivity contribution in [3.8, 4) is 0 Å². The number of nitrogens with one attached hydrogen (secondary N) is 1. The second-order valence-corrected chi connectivity index (χ2v) is 4.12. The van der Waals surface area contributed by atoms with Crippen LogP contribution in [-0.2, 0) is 6.42 Å². The summed E-state index contributed by atoms with van der Waals surface area (Å²) in [5.41, 5.74) is 7.41. The highest BCUT2D eigenvalue weighted by atomic mass is 35.5. The van der Waals surface area contributed by atoms with E-state index in [0.717, 1.165) is 22.0 Å². The maximum Gasteiger partial charge on any atom is 0.164 e. The fourth-order valence-electron chi connectivity index (χ4n) is 1.57. The summed E-state index contributed by atoms with van der Waals surface area (Å²) in [5.74, 6) is 0.792. The Kier molecular flexibility index (Phi) is 4.01. The van der Waals surface area contributed by atoms with Crippen LogP contribution in [0.15, 0.2) is 35.0 Å². The van der Waals surface area contributed by atoms with Crippen LogP contribution in [0.1, 0.15) is 11.3 Å². The normalized spacial score (nSPS) is 10.5. The van der Waals surface area contributed by atoms with E-state index in [1.807, 2.05) is 24.3 Å².